The van der Waals surface area contributed by atoms with Crippen molar-refractivity contribution < 1.29 is 9.59 Å². The maximum atomic E-state index is 11.9. The molecule has 2 N–H and O–H groups in total. The highest BCUT2D eigenvalue weighted by atomic mass is 32.1. The zero-order valence-corrected chi connectivity index (χ0v) is 16.3. The summed E-state index contributed by atoms with van der Waals surface area (Å²) in [6, 6.07) is 7.65. The van der Waals surface area contributed by atoms with Gasteiger partial charge in [-0.1, -0.05) is 25.0 Å². The van der Waals surface area contributed by atoms with Gasteiger partial charge in [-0.2, -0.15) is 0 Å². The molecule has 27 heavy (non-hydrogen) atoms. The van der Waals surface area contributed by atoms with Crippen LogP contribution in [0.3, 0.4) is 0 Å². The van der Waals surface area contributed by atoms with E-state index in [4.69, 9.17) is 0 Å². The third-order valence-electron chi connectivity index (χ3n) is 4.61. The number of aromatic nitrogens is 1. The zero-order valence-electron chi connectivity index (χ0n) is 15.4. The van der Waals surface area contributed by atoms with E-state index in [1.807, 2.05) is 29.8 Å². The summed E-state index contributed by atoms with van der Waals surface area (Å²) < 4.78 is 0. The van der Waals surface area contributed by atoms with Gasteiger partial charge >= 0.3 is 0 Å². The van der Waals surface area contributed by atoms with Gasteiger partial charge in [0.25, 0.3) is 5.91 Å². The first-order valence-electron chi connectivity index (χ1n) is 9.50. The SMILES string of the molecule is O=C(CCNC(=O)c1cccs1)NCc1ccc(N2CCCCCC2)nc1. The minimum atomic E-state index is -0.133. The van der Waals surface area contributed by atoms with Gasteiger partial charge in [-0.05, 0) is 35.9 Å². The Labute approximate surface area is 164 Å². The van der Waals surface area contributed by atoms with Crippen LogP contribution in [-0.4, -0.2) is 36.4 Å². The van der Waals surface area contributed by atoms with Crippen LogP contribution in [0.4, 0.5) is 5.82 Å². The Morgan fingerprint density at radius 3 is 2.56 bits per heavy atom. The minimum Gasteiger partial charge on any atom is -0.357 e. The van der Waals surface area contributed by atoms with Crippen LogP contribution >= 0.6 is 11.3 Å². The van der Waals surface area contributed by atoms with Gasteiger partial charge in [0.05, 0.1) is 4.88 Å². The fourth-order valence-electron chi connectivity index (χ4n) is 3.08. The Kier molecular flexibility index (Phi) is 7.21. The number of anilines is 1. The van der Waals surface area contributed by atoms with E-state index in [9.17, 15) is 9.59 Å². The van der Waals surface area contributed by atoms with Gasteiger partial charge in [-0.3, -0.25) is 9.59 Å². The molecule has 2 aromatic heterocycles. The molecular weight excluding hydrogens is 360 g/mol. The molecule has 1 fully saturated rings. The number of nitrogens with zero attached hydrogens (tertiary/aromatic N) is 2. The quantitative estimate of drug-likeness (QED) is 0.767. The summed E-state index contributed by atoms with van der Waals surface area (Å²) in [4.78, 5) is 31.3. The second-order valence-corrected chi connectivity index (χ2v) is 7.63. The predicted octanol–water partition coefficient (Wildman–Crippen LogP) is 2.96. The lowest BCUT2D eigenvalue weighted by atomic mass is 10.2. The number of pyridine rings is 1. The number of nitrogens with one attached hydrogen (secondary N) is 2. The van der Waals surface area contributed by atoms with Crippen molar-refractivity contribution in [3.05, 3.63) is 46.3 Å². The summed E-state index contributed by atoms with van der Waals surface area (Å²) in [5.41, 5.74) is 0.976. The Morgan fingerprint density at radius 2 is 1.89 bits per heavy atom. The summed E-state index contributed by atoms with van der Waals surface area (Å²) in [5, 5.41) is 7.49. The predicted molar refractivity (Wildman–Crippen MR) is 108 cm³/mol. The topological polar surface area (TPSA) is 74.3 Å². The fourth-order valence-corrected chi connectivity index (χ4v) is 3.72. The normalized spacial score (nSPS) is 14.4. The van der Waals surface area contributed by atoms with Crippen molar-refractivity contribution in [2.75, 3.05) is 24.5 Å². The summed E-state index contributed by atoms with van der Waals surface area (Å²) in [6.45, 7) is 2.92. The highest BCUT2D eigenvalue weighted by Crippen LogP contribution is 2.17. The van der Waals surface area contributed by atoms with E-state index >= 15 is 0 Å². The highest BCUT2D eigenvalue weighted by Gasteiger charge is 2.11. The lowest BCUT2D eigenvalue weighted by molar-refractivity contribution is -0.121. The average Bonchev–Trinajstić information content (AvgIpc) is 3.10. The van der Waals surface area contributed by atoms with E-state index in [0.717, 1.165) is 24.5 Å². The van der Waals surface area contributed by atoms with Crippen molar-refractivity contribution in [1.82, 2.24) is 15.6 Å². The third kappa shape index (κ3) is 6.06. The van der Waals surface area contributed by atoms with Gasteiger partial charge in [0.2, 0.25) is 5.91 Å². The van der Waals surface area contributed by atoms with Crippen LogP contribution < -0.4 is 15.5 Å². The molecule has 0 saturated carbocycles. The van der Waals surface area contributed by atoms with Gasteiger partial charge < -0.3 is 15.5 Å². The van der Waals surface area contributed by atoms with E-state index in [1.54, 1.807) is 6.07 Å². The van der Waals surface area contributed by atoms with E-state index in [2.05, 4.69) is 20.5 Å². The first kappa shape index (κ1) is 19.4. The van der Waals surface area contributed by atoms with Crippen LogP contribution in [0.5, 0.6) is 0 Å². The number of carbonyl (C=O) groups is 2. The Hall–Kier alpha value is -2.41. The standard InChI is InChI=1S/C20H26N4O2S/c25-19(9-10-21-20(26)17-6-5-13-27-17)23-15-16-7-8-18(22-14-16)24-11-3-1-2-4-12-24/h5-8,13-14H,1-4,9-12,15H2,(H,21,26)(H,23,25). The second kappa shape index (κ2) is 10.1. The van der Waals surface area contributed by atoms with Crippen LogP contribution in [-0.2, 0) is 11.3 Å². The third-order valence-corrected chi connectivity index (χ3v) is 5.48. The molecule has 0 aliphatic carbocycles. The molecular formula is C20H26N4O2S. The number of carbonyl (C=O) groups excluding carboxylic acids is 2. The monoisotopic (exact) mass is 386 g/mol. The van der Waals surface area contributed by atoms with Crippen molar-refractivity contribution in [1.29, 1.82) is 0 Å². The molecule has 0 spiro atoms. The molecule has 0 unspecified atom stereocenters. The molecule has 7 heteroatoms. The summed E-state index contributed by atoms with van der Waals surface area (Å²) in [5.74, 6) is 0.799. The van der Waals surface area contributed by atoms with Crippen LogP contribution in [0.1, 0.15) is 47.3 Å². The van der Waals surface area contributed by atoms with E-state index in [0.29, 0.717) is 18.0 Å². The maximum Gasteiger partial charge on any atom is 0.261 e. The van der Waals surface area contributed by atoms with Gasteiger partial charge in [-0.15, -0.1) is 11.3 Å². The Bertz CT molecular complexity index is 723. The first-order chi connectivity index (χ1) is 13.2. The Morgan fingerprint density at radius 1 is 1.07 bits per heavy atom. The average molecular weight is 387 g/mol. The van der Waals surface area contributed by atoms with Crippen molar-refractivity contribution in [3.8, 4) is 0 Å². The van der Waals surface area contributed by atoms with Crippen molar-refractivity contribution in [2.24, 2.45) is 0 Å². The molecule has 6 nitrogen and oxygen atoms in total. The molecule has 1 aliphatic rings. The Balaban J connectivity index is 1.37. The molecule has 1 saturated heterocycles. The van der Waals surface area contributed by atoms with Gasteiger partial charge in [0, 0.05) is 38.8 Å². The summed E-state index contributed by atoms with van der Waals surface area (Å²) in [6.07, 6.45) is 7.14. The number of hydrogen-bond acceptors (Lipinski definition) is 5. The first-order valence-corrected chi connectivity index (χ1v) is 10.4. The second-order valence-electron chi connectivity index (χ2n) is 6.69. The van der Waals surface area contributed by atoms with Crippen molar-refractivity contribution in [3.63, 3.8) is 0 Å². The fraction of sp³-hybridized carbons (Fsp3) is 0.450. The smallest absolute Gasteiger partial charge is 0.261 e. The molecule has 2 aromatic rings. The number of amides is 2. The largest absolute Gasteiger partial charge is 0.357 e. The van der Waals surface area contributed by atoms with Gasteiger partial charge in [0.1, 0.15) is 5.82 Å². The minimum absolute atomic E-state index is 0.0851. The van der Waals surface area contributed by atoms with Crippen LogP contribution in [0.25, 0.3) is 0 Å². The molecule has 1 aliphatic heterocycles. The van der Waals surface area contributed by atoms with Crippen LogP contribution in [0.2, 0.25) is 0 Å². The molecule has 3 rings (SSSR count). The van der Waals surface area contributed by atoms with Crippen molar-refractivity contribution >= 4 is 29.0 Å². The van der Waals surface area contributed by atoms with Gasteiger partial charge in [-0.25, -0.2) is 4.98 Å². The van der Waals surface area contributed by atoms with Crippen LogP contribution in [0.15, 0.2) is 35.8 Å². The molecule has 3 heterocycles. The van der Waals surface area contributed by atoms with Gasteiger partial charge in [0.15, 0.2) is 0 Å². The molecule has 0 radical (unpaired) electrons. The molecule has 0 bridgehead atoms. The number of thiophene rings is 1. The summed E-state index contributed by atoms with van der Waals surface area (Å²) in [7, 11) is 0. The lowest BCUT2D eigenvalue weighted by Crippen LogP contribution is -2.30. The molecule has 0 aromatic carbocycles. The molecule has 144 valence electrons. The highest BCUT2D eigenvalue weighted by molar-refractivity contribution is 7.12. The summed E-state index contributed by atoms with van der Waals surface area (Å²) >= 11 is 1.39. The number of hydrogen-bond donors (Lipinski definition) is 2. The molecule has 2 amide bonds. The van der Waals surface area contributed by atoms with E-state index < -0.39 is 0 Å². The maximum absolute atomic E-state index is 11.9. The van der Waals surface area contributed by atoms with Crippen LogP contribution in [0, 0.1) is 0 Å². The zero-order chi connectivity index (χ0) is 18.9. The number of rotatable bonds is 7. The van der Waals surface area contributed by atoms with E-state index in [-0.39, 0.29) is 18.2 Å². The lowest BCUT2D eigenvalue weighted by Gasteiger charge is -2.21. The molecule has 0 atom stereocenters. The van der Waals surface area contributed by atoms with E-state index in [1.165, 1.54) is 37.0 Å². The van der Waals surface area contributed by atoms with Crippen molar-refractivity contribution in [2.45, 2.75) is 38.6 Å².